The van der Waals surface area contributed by atoms with Crippen LogP contribution in [0.1, 0.15) is 23.7 Å². The fourth-order valence-electron chi connectivity index (χ4n) is 2.64. The van der Waals surface area contributed by atoms with E-state index in [1.165, 1.54) is 0 Å². The molecule has 3 N–H and O–H groups in total. The molecule has 1 aromatic carbocycles. The topological polar surface area (TPSA) is 69.8 Å². The number of carbonyl (C=O) groups is 1. The molecule has 110 valence electrons. The largest absolute Gasteiger partial charge is 0.398 e. The number of carbonyl (C=O) groups excluding carboxylic acids is 1. The van der Waals surface area contributed by atoms with Crippen molar-refractivity contribution in [3.8, 4) is 0 Å². The first-order valence-electron chi connectivity index (χ1n) is 7.10. The van der Waals surface area contributed by atoms with E-state index in [1.54, 1.807) is 6.92 Å². The molecule has 0 aliphatic carbocycles. The second kappa shape index (κ2) is 6.72. The van der Waals surface area contributed by atoms with Crippen LogP contribution in [-0.2, 0) is 0 Å². The number of benzene rings is 1. The summed E-state index contributed by atoms with van der Waals surface area (Å²) >= 11 is 0. The summed E-state index contributed by atoms with van der Waals surface area (Å²) in [6.45, 7) is 6.28. The van der Waals surface area contributed by atoms with Crippen LogP contribution >= 0.6 is 0 Å². The molecule has 5 heteroatoms. The molecule has 0 bridgehead atoms. The molecule has 1 aliphatic rings. The van der Waals surface area contributed by atoms with Gasteiger partial charge in [-0.05, 0) is 38.1 Å². The number of β-amino-alcohol motifs (C(OH)–C–C–N with tert-alkyl or cyclic N) is 1. The van der Waals surface area contributed by atoms with Crippen molar-refractivity contribution >= 4 is 17.2 Å². The number of anilines is 2. The lowest BCUT2D eigenvalue weighted by molar-refractivity contribution is 0.101. The van der Waals surface area contributed by atoms with Gasteiger partial charge in [0.2, 0.25) is 0 Å². The molecule has 0 aromatic heterocycles. The standard InChI is InChI=1S/C15H23N3O2/c1-12(20)14-11-13(3-4-15(14)16)18-6-2-5-17(7-8-18)9-10-19/h3-4,11,19H,2,5-10,16H2,1H3. The van der Waals surface area contributed by atoms with E-state index in [0.29, 0.717) is 11.3 Å². The lowest BCUT2D eigenvalue weighted by atomic mass is 10.1. The van der Waals surface area contributed by atoms with E-state index in [4.69, 9.17) is 10.8 Å². The number of aliphatic hydroxyl groups excluding tert-OH is 1. The maximum atomic E-state index is 11.6. The molecule has 5 nitrogen and oxygen atoms in total. The first-order valence-corrected chi connectivity index (χ1v) is 7.10. The Bertz CT molecular complexity index is 476. The molecule has 0 spiro atoms. The Hall–Kier alpha value is -1.59. The van der Waals surface area contributed by atoms with Gasteiger partial charge >= 0.3 is 0 Å². The zero-order chi connectivity index (χ0) is 14.5. The molecule has 1 aliphatic heterocycles. The Morgan fingerprint density at radius 3 is 2.80 bits per heavy atom. The van der Waals surface area contributed by atoms with Gasteiger partial charge in [-0.3, -0.25) is 9.69 Å². The summed E-state index contributed by atoms with van der Waals surface area (Å²) in [5.41, 5.74) is 8.02. The molecule has 0 saturated carbocycles. The summed E-state index contributed by atoms with van der Waals surface area (Å²) in [7, 11) is 0. The van der Waals surface area contributed by atoms with Crippen molar-refractivity contribution in [2.24, 2.45) is 0 Å². The van der Waals surface area contributed by atoms with Crippen LogP contribution in [0.15, 0.2) is 18.2 Å². The van der Waals surface area contributed by atoms with Gasteiger partial charge in [0.1, 0.15) is 0 Å². The highest BCUT2D eigenvalue weighted by atomic mass is 16.3. The van der Waals surface area contributed by atoms with Gasteiger partial charge < -0.3 is 15.7 Å². The number of Topliss-reactive ketones (excluding diaryl/α,β-unsaturated/α-hetero) is 1. The SMILES string of the molecule is CC(=O)c1cc(N2CCCN(CCO)CC2)ccc1N. The van der Waals surface area contributed by atoms with Crippen molar-refractivity contribution in [1.29, 1.82) is 0 Å². The van der Waals surface area contributed by atoms with Crippen molar-refractivity contribution in [3.05, 3.63) is 23.8 Å². The summed E-state index contributed by atoms with van der Waals surface area (Å²) in [6, 6.07) is 5.67. The normalized spacial score (nSPS) is 17.0. The number of hydrogen-bond donors (Lipinski definition) is 2. The third kappa shape index (κ3) is 3.49. The Balaban J connectivity index is 2.11. The third-order valence-electron chi connectivity index (χ3n) is 3.79. The van der Waals surface area contributed by atoms with E-state index in [1.807, 2.05) is 18.2 Å². The number of hydrogen-bond acceptors (Lipinski definition) is 5. The highest BCUT2D eigenvalue weighted by molar-refractivity contribution is 6.00. The summed E-state index contributed by atoms with van der Waals surface area (Å²) < 4.78 is 0. The maximum Gasteiger partial charge on any atom is 0.161 e. The molecule has 0 radical (unpaired) electrons. The van der Waals surface area contributed by atoms with Gasteiger partial charge in [0.05, 0.1) is 6.61 Å². The summed E-state index contributed by atoms with van der Waals surface area (Å²) in [5, 5.41) is 9.01. The van der Waals surface area contributed by atoms with Crippen molar-refractivity contribution < 1.29 is 9.90 Å². The van der Waals surface area contributed by atoms with Crippen LogP contribution in [0, 0.1) is 0 Å². The second-order valence-electron chi connectivity index (χ2n) is 5.23. The van der Waals surface area contributed by atoms with E-state index >= 15 is 0 Å². The van der Waals surface area contributed by atoms with E-state index in [2.05, 4.69) is 9.80 Å². The van der Waals surface area contributed by atoms with Gasteiger partial charge in [0.25, 0.3) is 0 Å². The van der Waals surface area contributed by atoms with E-state index in [9.17, 15) is 4.79 Å². The van der Waals surface area contributed by atoms with E-state index < -0.39 is 0 Å². The zero-order valence-electron chi connectivity index (χ0n) is 12.0. The minimum atomic E-state index is 0.000999. The van der Waals surface area contributed by atoms with Crippen molar-refractivity contribution in [3.63, 3.8) is 0 Å². The number of nitrogens with zero attached hydrogens (tertiary/aromatic N) is 2. The molecule has 1 saturated heterocycles. The first-order chi connectivity index (χ1) is 9.61. The lowest BCUT2D eigenvalue weighted by Gasteiger charge is -2.24. The molecular weight excluding hydrogens is 254 g/mol. The highest BCUT2D eigenvalue weighted by Crippen LogP contribution is 2.23. The lowest BCUT2D eigenvalue weighted by Crippen LogP contribution is -2.32. The Morgan fingerprint density at radius 1 is 1.30 bits per heavy atom. The van der Waals surface area contributed by atoms with Crippen LogP contribution in [0.25, 0.3) is 0 Å². The minimum absolute atomic E-state index is 0.000999. The molecule has 0 amide bonds. The summed E-state index contributed by atoms with van der Waals surface area (Å²) in [6.07, 6.45) is 1.06. The fourth-order valence-corrected chi connectivity index (χ4v) is 2.64. The minimum Gasteiger partial charge on any atom is -0.398 e. The fraction of sp³-hybridized carbons (Fsp3) is 0.533. The Morgan fingerprint density at radius 2 is 2.10 bits per heavy atom. The number of nitrogens with two attached hydrogens (primary N) is 1. The van der Waals surface area contributed by atoms with E-state index in [-0.39, 0.29) is 12.4 Å². The van der Waals surface area contributed by atoms with Crippen LogP contribution in [0.4, 0.5) is 11.4 Å². The maximum absolute atomic E-state index is 11.6. The van der Waals surface area contributed by atoms with Crippen LogP contribution in [0.3, 0.4) is 0 Å². The predicted molar refractivity (Wildman–Crippen MR) is 81.2 cm³/mol. The number of nitrogen functional groups attached to an aromatic ring is 1. The number of ketones is 1. The van der Waals surface area contributed by atoms with Crippen LogP contribution < -0.4 is 10.6 Å². The van der Waals surface area contributed by atoms with Crippen LogP contribution in [0.5, 0.6) is 0 Å². The average molecular weight is 277 g/mol. The number of rotatable bonds is 4. The van der Waals surface area contributed by atoms with Crippen molar-refractivity contribution in [1.82, 2.24) is 4.90 Å². The van der Waals surface area contributed by atoms with Crippen molar-refractivity contribution in [2.45, 2.75) is 13.3 Å². The Labute approximate surface area is 120 Å². The molecule has 2 rings (SSSR count). The summed E-state index contributed by atoms with van der Waals surface area (Å²) in [4.78, 5) is 16.1. The van der Waals surface area contributed by atoms with Gasteiger partial charge in [0, 0.05) is 43.1 Å². The molecule has 1 aromatic rings. The molecular formula is C15H23N3O2. The van der Waals surface area contributed by atoms with Gasteiger partial charge in [-0.2, -0.15) is 0 Å². The second-order valence-corrected chi connectivity index (χ2v) is 5.23. The first kappa shape index (κ1) is 14.8. The van der Waals surface area contributed by atoms with Gasteiger partial charge in [-0.25, -0.2) is 0 Å². The summed E-state index contributed by atoms with van der Waals surface area (Å²) in [5.74, 6) is 0.000999. The number of aliphatic hydroxyl groups is 1. The van der Waals surface area contributed by atoms with E-state index in [0.717, 1.165) is 44.8 Å². The third-order valence-corrected chi connectivity index (χ3v) is 3.79. The molecule has 0 atom stereocenters. The quantitative estimate of drug-likeness (QED) is 0.634. The zero-order valence-corrected chi connectivity index (χ0v) is 12.0. The van der Waals surface area contributed by atoms with Crippen LogP contribution in [-0.4, -0.2) is 55.1 Å². The molecule has 1 heterocycles. The average Bonchev–Trinajstić information content (AvgIpc) is 2.65. The van der Waals surface area contributed by atoms with Gasteiger partial charge in [-0.15, -0.1) is 0 Å². The van der Waals surface area contributed by atoms with Gasteiger partial charge in [-0.1, -0.05) is 0 Å². The highest BCUT2D eigenvalue weighted by Gasteiger charge is 2.16. The monoisotopic (exact) mass is 277 g/mol. The molecule has 1 fully saturated rings. The van der Waals surface area contributed by atoms with Crippen molar-refractivity contribution in [2.75, 3.05) is 50.0 Å². The predicted octanol–water partition coefficient (Wildman–Crippen LogP) is 0.976. The van der Waals surface area contributed by atoms with Crippen LogP contribution in [0.2, 0.25) is 0 Å². The molecule has 20 heavy (non-hydrogen) atoms. The Kier molecular flexibility index (Phi) is 4.98. The smallest absolute Gasteiger partial charge is 0.161 e. The molecule has 0 unspecified atom stereocenters. The van der Waals surface area contributed by atoms with Gasteiger partial charge in [0.15, 0.2) is 5.78 Å².